The van der Waals surface area contributed by atoms with Crippen LogP contribution in [0, 0.1) is 0 Å². The average molecular weight is 611 g/mol. The fourth-order valence-electron chi connectivity index (χ4n) is 3.34. The van der Waals surface area contributed by atoms with Crippen LogP contribution in [-0.4, -0.2) is 46.4 Å². The van der Waals surface area contributed by atoms with Gasteiger partial charge in [0.1, 0.15) is 23.0 Å². The van der Waals surface area contributed by atoms with Crippen molar-refractivity contribution in [1.29, 1.82) is 0 Å². The summed E-state index contributed by atoms with van der Waals surface area (Å²) in [6.45, 7) is 3.02. The first-order chi connectivity index (χ1) is 21.0. The highest BCUT2D eigenvalue weighted by molar-refractivity contribution is 8.50. The molecule has 0 aromatic heterocycles. The van der Waals surface area contributed by atoms with E-state index in [4.69, 9.17) is 28.1 Å². The third-order valence-corrected chi connectivity index (χ3v) is 7.49. The Morgan fingerprint density at radius 2 is 0.884 bits per heavy atom. The Kier molecular flexibility index (Phi) is 13.0. The van der Waals surface area contributed by atoms with Gasteiger partial charge in [0.15, 0.2) is 25.2 Å². The molecule has 0 aliphatic carbocycles. The molecule has 4 aromatic carbocycles. The standard InChI is InChI=1S/C30H26B3O8S2/c1-21(34)23-3-7-27(8-4-23)40-31-38-19-36-25-11-15-29(16-12-25)42-33-43-30-17-13-26(14-18-30)37-20-39-32-41-28-9-5-24(6-10-28)22(2)35/h3-18H,19-20H2,1-2H3. The molecule has 0 saturated heterocycles. The molecule has 0 heterocycles. The van der Waals surface area contributed by atoms with Gasteiger partial charge in [-0.2, -0.15) is 23.2 Å². The predicted molar refractivity (Wildman–Crippen MR) is 169 cm³/mol. The van der Waals surface area contributed by atoms with Crippen LogP contribution < -0.4 is 18.8 Å². The zero-order valence-electron chi connectivity index (χ0n) is 23.5. The molecule has 4 aromatic rings. The molecule has 43 heavy (non-hydrogen) atoms. The van der Waals surface area contributed by atoms with Crippen LogP contribution in [-0.2, 0) is 9.31 Å². The van der Waals surface area contributed by atoms with Gasteiger partial charge in [-0.25, -0.2) is 0 Å². The van der Waals surface area contributed by atoms with E-state index in [1.54, 1.807) is 71.8 Å². The minimum Gasteiger partial charge on any atom is -0.537 e. The van der Waals surface area contributed by atoms with Crippen LogP contribution in [0.5, 0.6) is 23.0 Å². The first-order valence-corrected chi connectivity index (χ1v) is 14.7. The first-order valence-electron chi connectivity index (χ1n) is 13.0. The molecule has 0 bridgehead atoms. The van der Waals surface area contributed by atoms with Crippen molar-refractivity contribution in [2.45, 2.75) is 23.6 Å². The number of hydrogen-bond acceptors (Lipinski definition) is 10. The summed E-state index contributed by atoms with van der Waals surface area (Å²) in [5.74, 6) is 4.51. The molecule has 0 saturated carbocycles. The van der Waals surface area contributed by atoms with Crippen molar-refractivity contribution in [2.24, 2.45) is 0 Å². The van der Waals surface area contributed by atoms with Crippen LogP contribution in [0.25, 0.3) is 0 Å². The number of carbonyl (C=O) groups is 2. The second-order valence-corrected chi connectivity index (χ2v) is 10.9. The highest BCUT2D eigenvalue weighted by Crippen LogP contribution is 2.28. The minimum absolute atomic E-state index is 0.000176. The topological polar surface area (TPSA) is 89.5 Å². The Balaban J connectivity index is 1.05. The molecule has 0 amide bonds. The monoisotopic (exact) mass is 611 g/mol. The van der Waals surface area contributed by atoms with Crippen LogP contribution in [0.2, 0.25) is 0 Å². The Morgan fingerprint density at radius 3 is 1.23 bits per heavy atom. The van der Waals surface area contributed by atoms with Crippen molar-refractivity contribution in [2.75, 3.05) is 13.6 Å². The summed E-state index contributed by atoms with van der Waals surface area (Å²) in [5.41, 5.74) is 1.24. The molecule has 0 fully saturated rings. The van der Waals surface area contributed by atoms with Crippen LogP contribution >= 0.6 is 23.2 Å². The van der Waals surface area contributed by atoms with Crippen molar-refractivity contribution >= 4 is 56.0 Å². The predicted octanol–water partition coefficient (Wildman–Crippen LogP) is 6.44. The molecule has 0 aliphatic rings. The molecule has 3 radical (unpaired) electrons. The van der Waals surface area contributed by atoms with Crippen molar-refractivity contribution in [3.63, 3.8) is 0 Å². The van der Waals surface area contributed by atoms with Crippen molar-refractivity contribution in [3.8, 4) is 23.0 Å². The summed E-state index contributed by atoms with van der Waals surface area (Å²) in [6, 6.07) is 28.9. The second-order valence-electron chi connectivity index (χ2n) is 8.72. The SMILES string of the molecule is CC(=O)c1ccc(O[B]OCOc2ccc(S[B]Sc3ccc(OCO[B]Oc4ccc(C(C)=O)cc4)cc3)cc2)cc1. The van der Waals surface area contributed by atoms with Gasteiger partial charge in [0.05, 0.1) is 0 Å². The van der Waals surface area contributed by atoms with Gasteiger partial charge < -0.3 is 28.1 Å². The van der Waals surface area contributed by atoms with Crippen LogP contribution in [0.3, 0.4) is 0 Å². The Morgan fingerprint density at radius 1 is 0.535 bits per heavy atom. The maximum absolute atomic E-state index is 11.3. The van der Waals surface area contributed by atoms with Gasteiger partial charge in [0, 0.05) is 11.1 Å². The molecule has 8 nitrogen and oxygen atoms in total. The van der Waals surface area contributed by atoms with Crippen molar-refractivity contribution in [1.82, 2.24) is 0 Å². The normalized spacial score (nSPS) is 10.4. The van der Waals surface area contributed by atoms with Gasteiger partial charge in [0.25, 0.3) is 5.84 Å². The van der Waals surface area contributed by atoms with Gasteiger partial charge in [-0.15, -0.1) is 0 Å². The van der Waals surface area contributed by atoms with E-state index in [1.807, 2.05) is 54.4 Å². The average Bonchev–Trinajstić information content (AvgIpc) is 3.02. The zero-order valence-corrected chi connectivity index (χ0v) is 25.1. The summed E-state index contributed by atoms with van der Waals surface area (Å²) < 4.78 is 32.3. The molecule has 0 spiro atoms. The van der Waals surface area contributed by atoms with Crippen molar-refractivity contribution < 1.29 is 37.7 Å². The third kappa shape index (κ3) is 11.4. The van der Waals surface area contributed by atoms with Gasteiger partial charge in [-0.3, -0.25) is 9.59 Å². The lowest BCUT2D eigenvalue weighted by molar-refractivity contribution is 0.100. The van der Waals surface area contributed by atoms with Gasteiger partial charge in [-0.05, 0) is 121 Å². The van der Waals surface area contributed by atoms with Gasteiger partial charge in [0.2, 0.25) is 0 Å². The number of carbonyl (C=O) groups excluding carboxylic acids is 2. The summed E-state index contributed by atoms with van der Waals surface area (Å²) in [4.78, 5) is 24.7. The Hall–Kier alpha value is -3.77. The number of ketones is 2. The molecule has 0 atom stereocenters. The molecule has 13 heteroatoms. The van der Waals surface area contributed by atoms with E-state index in [0.29, 0.717) is 34.1 Å². The summed E-state index contributed by atoms with van der Waals surface area (Å²) in [6.07, 6.45) is 0. The van der Waals surface area contributed by atoms with E-state index in [0.717, 1.165) is 9.79 Å². The number of ether oxygens (including phenoxy) is 2. The Labute approximate surface area is 261 Å². The fraction of sp³-hybridized carbons (Fsp3) is 0.133. The van der Waals surface area contributed by atoms with E-state index in [2.05, 4.69) is 0 Å². The van der Waals surface area contributed by atoms with E-state index in [-0.39, 0.29) is 25.2 Å². The maximum Gasteiger partial charge on any atom is 0.574 e. The lowest BCUT2D eigenvalue weighted by atomic mass is 10.1. The molecular formula is C30H26B3O8S2. The summed E-state index contributed by atoms with van der Waals surface area (Å²) in [5, 5.41) is 0. The minimum atomic E-state index is -0.00454. The van der Waals surface area contributed by atoms with E-state index >= 15 is 0 Å². The highest BCUT2D eigenvalue weighted by atomic mass is 32.2. The fourth-order valence-corrected chi connectivity index (χ4v) is 5.01. The summed E-state index contributed by atoms with van der Waals surface area (Å²) >= 11 is 3.20. The number of benzene rings is 4. The quantitative estimate of drug-likeness (QED) is 0.0542. The van der Waals surface area contributed by atoms with Crippen LogP contribution in [0.15, 0.2) is 107 Å². The van der Waals surface area contributed by atoms with Crippen LogP contribution in [0.1, 0.15) is 34.6 Å². The lowest BCUT2D eigenvalue weighted by Gasteiger charge is -2.09. The first kappa shape index (κ1) is 32.2. The molecule has 215 valence electrons. The maximum atomic E-state index is 11.3. The molecule has 0 aliphatic heterocycles. The molecular weight excluding hydrogens is 585 g/mol. The van der Waals surface area contributed by atoms with Gasteiger partial charge in [-0.1, -0.05) is 0 Å². The lowest BCUT2D eigenvalue weighted by Crippen LogP contribution is -2.12. The molecule has 0 unspecified atom stereocenters. The largest absolute Gasteiger partial charge is 0.574 e. The highest BCUT2D eigenvalue weighted by Gasteiger charge is 2.05. The summed E-state index contributed by atoms with van der Waals surface area (Å²) in [7, 11) is 2.39. The number of hydrogen-bond donors (Lipinski definition) is 0. The number of Topliss-reactive ketones (excluding diaryl/α,β-unsaturated/α-hetero) is 2. The van der Waals surface area contributed by atoms with E-state index in [9.17, 15) is 9.59 Å². The zero-order chi connectivity index (χ0) is 30.3. The smallest absolute Gasteiger partial charge is 0.537 e. The number of rotatable bonds is 18. The van der Waals surface area contributed by atoms with E-state index < -0.39 is 0 Å². The molecule has 4 rings (SSSR count). The second kappa shape index (κ2) is 17.4. The van der Waals surface area contributed by atoms with Crippen LogP contribution in [0.4, 0.5) is 0 Å². The van der Waals surface area contributed by atoms with Crippen molar-refractivity contribution in [3.05, 3.63) is 108 Å². The Bertz CT molecular complexity index is 1330. The van der Waals surface area contributed by atoms with E-state index in [1.165, 1.54) is 29.2 Å². The van der Waals surface area contributed by atoms with Gasteiger partial charge >= 0.3 is 15.4 Å². The third-order valence-electron chi connectivity index (χ3n) is 5.63. The molecule has 0 N–H and O–H groups in total.